The summed E-state index contributed by atoms with van der Waals surface area (Å²) in [5.74, 6) is -2.51. The number of hydrogen-bond donors (Lipinski definition) is 1. The molecule has 1 fully saturated rings. The fourth-order valence-corrected chi connectivity index (χ4v) is 6.69. The summed E-state index contributed by atoms with van der Waals surface area (Å²) in [6.45, 7) is 0. The van der Waals surface area contributed by atoms with Crippen molar-refractivity contribution in [1.82, 2.24) is 0 Å². The van der Waals surface area contributed by atoms with E-state index in [4.69, 9.17) is 0 Å². The number of rotatable bonds is 4. The third-order valence-electron chi connectivity index (χ3n) is 8.28. The van der Waals surface area contributed by atoms with Gasteiger partial charge in [-0.2, -0.15) is 0 Å². The van der Waals surface area contributed by atoms with Gasteiger partial charge in [0.2, 0.25) is 5.91 Å². The predicted octanol–water partition coefficient (Wildman–Crippen LogP) is 5.68. The number of benzene rings is 4. The lowest BCUT2D eigenvalue weighted by Crippen LogP contribution is -2.51. The number of carbonyl (C=O) groups is 3. The molecule has 0 aliphatic carbocycles. The molecule has 1 amide bonds. The van der Waals surface area contributed by atoms with E-state index in [-0.39, 0.29) is 23.0 Å². The molecule has 0 unspecified atom stereocenters. The molecule has 4 aromatic rings. The highest BCUT2D eigenvalue weighted by Gasteiger charge is 2.70. The van der Waals surface area contributed by atoms with Crippen molar-refractivity contribution in [2.24, 2.45) is 5.92 Å². The number of hydrogen-bond acceptors (Lipinski definition) is 4. The van der Waals surface area contributed by atoms with Crippen molar-refractivity contribution in [1.29, 1.82) is 0 Å². The van der Waals surface area contributed by atoms with E-state index in [9.17, 15) is 18.8 Å². The number of nitrogens with one attached hydrogen (secondary N) is 1. The zero-order valence-electron chi connectivity index (χ0n) is 20.8. The van der Waals surface area contributed by atoms with Gasteiger partial charge in [-0.3, -0.25) is 14.4 Å². The smallest absolute Gasteiger partial charge is 0.238 e. The molecule has 7 rings (SSSR count). The number of halogens is 1. The molecular weight excluding hydrogens is 491 g/mol. The Bertz CT molecular complexity index is 1680. The molecule has 0 bridgehead atoms. The molecule has 1 spiro atoms. The quantitative estimate of drug-likeness (QED) is 0.356. The van der Waals surface area contributed by atoms with E-state index in [2.05, 4.69) is 5.32 Å². The summed E-state index contributed by atoms with van der Waals surface area (Å²) < 4.78 is 13.9. The zero-order valence-corrected chi connectivity index (χ0v) is 20.8. The number of amides is 1. The van der Waals surface area contributed by atoms with Gasteiger partial charge in [-0.1, -0.05) is 78.9 Å². The summed E-state index contributed by atoms with van der Waals surface area (Å²) in [6.07, 6.45) is 3.90. The molecule has 0 radical (unpaired) electrons. The summed E-state index contributed by atoms with van der Waals surface area (Å²) in [5, 5.41) is 3.01. The van der Waals surface area contributed by atoms with Gasteiger partial charge in [-0.05, 0) is 47.5 Å². The van der Waals surface area contributed by atoms with Crippen LogP contribution in [0.3, 0.4) is 0 Å². The second-order valence-electron chi connectivity index (χ2n) is 10.2. The van der Waals surface area contributed by atoms with Gasteiger partial charge >= 0.3 is 0 Å². The van der Waals surface area contributed by atoms with Crippen molar-refractivity contribution in [3.8, 4) is 0 Å². The molecule has 1 N–H and O–H groups in total. The van der Waals surface area contributed by atoms with E-state index in [1.807, 2.05) is 71.6 Å². The number of para-hydroxylation sites is 2. The predicted molar refractivity (Wildman–Crippen MR) is 147 cm³/mol. The average Bonchev–Trinajstić information content (AvgIpc) is 3.45. The summed E-state index contributed by atoms with van der Waals surface area (Å²) in [6, 6.07) is 27.6. The Labute approximate surface area is 224 Å². The van der Waals surface area contributed by atoms with Gasteiger partial charge in [0.05, 0.1) is 12.0 Å². The van der Waals surface area contributed by atoms with Crippen molar-refractivity contribution in [3.63, 3.8) is 0 Å². The molecule has 3 heterocycles. The van der Waals surface area contributed by atoms with Crippen LogP contribution >= 0.6 is 0 Å². The Morgan fingerprint density at radius 3 is 2.23 bits per heavy atom. The van der Waals surface area contributed by atoms with Crippen LogP contribution < -0.4 is 10.2 Å². The van der Waals surface area contributed by atoms with Crippen molar-refractivity contribution >= 4 is 34.9 Å². The zero-order chi connectivity index (χ0) is 26.7. The van der Waals surface area contributed by atoms with Gasteiger partial charge in [0, 0.05) is 22.5 Å². The lowest BCUT2D eigenvalue weighted by molar-refractivity contribution is -0.121. The molecule has 39 heavy (non-hydrogen) atoms. The molecule has 0 aromatic heterocycles. The summed E-state index contributed by atoms with van der Waals surface area (Å²) in [4.78, 5) is 45.2. The molecule has 3 aliphatic rings. The average molecular weight is 515 g/mol. The van der Waals surface area contributed by atoms with Crippen molar-refractivity contribution in [3.05, 3.63) is 137 Å². The minimum atomic E-state index is -1.39. The minimum absolute atomic E-state index is 0.250. The van der Waals surface area contributed by atoms with Gasteiger partial charge in [-0.15, -0.1) is 0 Å². The summed E-state index contributed by atoms with van der Waals surface area (Å²) >= 11 is 0. The second-order valence-corrected chi connectivity index (χ2v) is 10.2. The lowest BCUT2D eigenvalue weighted by Gasteiger charge is -2.37. The van der Waals surface area contributed by atoms with E-state index in [1.54, 1.807) is 24.3 Å². The largest absolute Gasteiger partial charge is 0.352 e. The Morgan fingerprint density at radius 2 is 1.44 bits per heavy atom. The topological polar surface area (TPSA) is 66.5 Å². The van der Waals surface area contributed by atoms with Crippen molar-refractivity contribution < 1.29 is 18.8 Å². The molecule has 1 saturated heterocycles. The molecule has 6 heteroatoms. The van der Waals surface area contributed by atoms with E-state index in [0.29, 0.717) is 16.8 Å². The van der Waals surface area contributed by atoms with Crippen LogP contribution in [0.1, 0.15) is 31.8 Å². The SMILES string of the molecule is O=C(c1ccccc1)[C@@H]1[C@H](C(=O)c2ccc(F)cc2)[C@@]2(C(=O)Nc3ccccc32)[C@H]2C=Cc3ccccc3N12. The van der Waals surface area contributed by atoms with E-state index in [1.165, 1.54) is 24.3 Å². The normalized spacial score (nSPS) is 24.2. The van der Waals surface area contributed by atoms with E-state index < -0.39 is 29.2 Å². The monoisotopic (exact) mass is 514 g/mol. The first kappa shape index (κ1) is 23.3. The third kappa shape index (κ3) is 3.21. The Kier molecular flexibility index (Phi) is 5.13. The maximum absolute atomic E-state index is 14.6. The molecule has 4 aromatic carbocycles. The highest BCUT2D eigenvalue weighted by Crippen LogP contribution is 2.58. The maximum Gasteiger partial charge on any atom is 0.238 e. The van der Waals surface area contributed by atoms with Gasteiger partial charge in [0.1, 0.15) is 17.3 Å². The molecular formula is C33H23FN2O3. The first-order valence-electron chi connectivity index (χ1n) is 12.9. The fraction of sp³-hybridized carbons (Fsp3) is 0.121. The first-order valence-corrected chi connectivity index (χ1v) is 12.9. The van der Waals surface area contributed by atoms with Crippen LogP contribution in [-0.4, -0.2) is 29.6 Å². The number of nitrogens with zero attached hydrogens (tertiary/aromatic N) is 1. The van der Waals surface area contributed by atoms with Crippen LogP contribution in [-0.2, 0) is 10.2 Å². The number of ketones is 2. The van der Waals surface area contributed by atoms with Gasteiger partial charge in [0.15, 0.2) is 11.6 Å². The van der Waals surface area contributed by atoms with Gasteiger partial charge in [0.25, 0.3) is 0 Å². The Balaban J connectivity index is 1.54. The molecule has 4 atom stereocenters. The molecule has 3 aliphatic heterocycles. The van der Waals surface area contributed by atoms with Crippen molar-refractivity contribution in [2.45, 2.75) is 17.5 Å². The van der Waals surface area contributed by atoms with Crippen LogP contribution in [0.15, 0.2) is 109 Å². The van der Waals surface area contributed by atoms with E-state index >= 15 is 0 Å². The maximum atomic E-state index is 14.6. The summed E-state index contributed by atoms with van der Waals surface area (Å²) in [5.41, 5.74) is 2.30. The lowest BCUT2D eigenvalue weighted by atomic mass is 9.64. The second kappa shape index (κ2) is 8.60. The van der Waals surface area contributed by atoms with Crippen LogP contribution in [0, 0.1) is 11.7 Å². The Hall–Kier alpha value is -4.84. The fourth-order valence-electron chi connectivity index (χ4n) is 6.69. The molecule has 0 saturated carbocycles. The van der Waals surface area contributed by atoms with Crippen LogP contribution in [0.2, 0.25) is 0 Å². The van der Waals surface area contributed by atoms with Gasteiger partial charge < -0.3 is 10.2 Å². The van der Waals surface area contributed by atoms with Crippen LogP contribution in [0.25, 0.3) is 6.08 Å². The highest BCUT2D eigenvalue weighted by atomic mass is 19.1. The third-order valence-corrected chi connectivity index (χ3v) is 8.28. The first-order chi connectivity index (χ1) is 19.0. The number of carbonyl (C=O) groups excluding carboxylic acids is 3. The van der Waals surface area contributed by atoms with Crippen LogP contribution in [0.4, 0.5) is 15.8 Å². The molecule has 5 nitrogen and oxygen atoms in total. The van der Waals surface area contributed by atoms with Gasteiger partial charge in [-0.25, -0.2) is 4.39 Å². The molecule has 190 valence electrons. The summed E-state index contributed by atoms with van der Waals surface area (Å²) in [7, 11) is 0. The van der Waals surface area contributed by atoms with E-state index in [0.717, 1.165) is 11.3 Å². The van der Waals surface area contributed by atoms with Crippen molar-refractivity contribution in [2.75, 3.05) is 10.2 Å². The van der Waals surface area contributed by atoms with Crippen LogP contribution in [0.5, 0.6) is 0 Å². The Morgan fingerprint density at radius 1 is 0.769 bits per heavy atom. The number of fused-ring (bicyclic) bond motifs is 6. The minimum Gasteiger partial charge on any atom is -0.352 e. The standard InChI is InChI=1S/C33H23FN2O3/c34-23-17-14-22(15-18-23)30(37)28-29(31(38)21-9-2-1-3-10-21)36-26-13-7-4-8-20(26)16-19-27(36)33(28)24-11-5-6-12-25(24)35-32(33)39/h1-19,27-29H,(H,35,39)/t27-,28-,29+,33+/m1/s1. The number of anilines is 2. The number of Topliss-reactive ketones (excluding diaryl/α,β-unsaturated/α-hetero) is 2. The highest BCUT2D eigenvalue weighted by molar-refractivity contribution is 6.18.